The predicted octanol–water partition coefficient (Wildman–Crippen LogP) is 4.04. The van der Waals surface area contributed by atoms with Crippen LogP contribution < -0.4 is 10.1 Å². The SMILES string of the molecule is Cc1nc(C)c(CC(=O)NCC2CCN(Cc3cccc4c3OC(C)(C)C4)CC2)s1. The van der Waals surface area contributed by atoms with E-state index in [1.165, 1.54) is 11.1 Å². The van der Waals surface area contributed by atoms with Gasteiger partial charge in [0.25, 0.3) is 0 Å². The number of ether oxygens (including phenoxy) is 1. The molecule has 0 atom stereocenters. The molecule has 162 valence electrons. The van der Waals surface area contributed by atoms with E-state index in [2.05, 4.69) is 47.2 Å². The van der Waals surface area contributed by atoms with Crippen LogP contribution in [0.3, 0.4) is 0 Å². The Balaban J connectivity index is 1.23. The number of carbonyl (C=O) groups is 1. The zero-order valence-corrected chi connectivity index (χ0v) is 19.4. The molecule has 1 aromatic heterocycles. The maximum absolute atomic E-state index is 12.3. The third-order valence-electron chi connectivity index (χ3n) is 6.18. The van der Waals surface area contributed by atoms with Crippen molar-refractivity contribution >= 4 is 17.2 Å². The molecule has 0 unspecified atom stereocenters. The monoisotopic (exact) mass is 427 g/mol. The van der Waals surface area contributed by atoms with Gasteiger partial charge >= 0.3 is 0 Å². The Morgan fingerprint density at radius 1 is 1.30 bits per heavy atom. The van der Waals surface area contributed by atoms with Crippen molar-refractivity contribution in [3.05, 3.63) is 44.9 Å². The molecule has 30 heavy (non-hydrogen) atoms. The number of amides is 1. The van der Waals surface area contributed by atoms with Crippen molar-refractivity contribution in [1.29, 1.82) is 0 Å². The molecule has 0 saturated carbocycles. The average molecular weight is 428 g/mol. The number of likely N-dealkylation sites (tertiary alicyclic amines) is 1. The van der Waals surface area contributed by atoms with Crippen LogP contribution in [-0.4, -0.2) is 41.0 Å². The summed E-state index contributed by atoms with van der Waals surface area (Å²) >= 11 is 1.62. The van der Waals surface area contributed by atoms with Crippen molar-refractivity contribution in [2.24, 2.45) is 5.92 Å². The summed E-state index contributed by atoms with van der Waals surface area (Å²) in [6, 6.07) is 6.56. The molecule has 5 nitrogen and oxygen atoms in total. The third-order valence-corrected chi connectivity index (χ3v) is 7.26. The van der Waals surface area contributed by atoms with E-state index in [9.17, 15) is 4.79 Å². The smallest absolute Gasteiger partial charge is 0.225 e. The van der Waals surface area contributed by atoms with Crippen molar-refractivity contribution in [3.63, 3.8) is 0 Å². The minimum absolute atomic E-state index is 0.0972. The largest absolute Gasteiger partial charge is 0.487 e. The summed E-state index contributed by atoms with van der Waals surface area (Å²) in [6.45, 7) is 12.2. The first-order chi connectivity index (χ1) is 14.3. The van der Waals surface area contributed by atoms with Crippen LogP contribution in [-0.2, 0) is 24.2 Å². The van der Waals surface area contributed by atoms with Crippen LogP contribution in [0.15, 0.2) is 18.2 Å². The minimum Gasteiger partial charge on any atom is -0.487 e. The predicted molar refractivity (Wildman–Crippen MR) is 121 cm³/mol. The van der Waals surface area contributed by atoms with Gasteiger partial charge in [-0.25, -0.2) is 4.98 Å². The van der Waals surface area contributed by atoms with E-state index in [1.54, 1.807) is 11.3 Å². The summed E-state index contributed by atoms with van der Waals surface area (Å²) in [5, 5.41) is 4.17. The zero-order chi connectivity index (χ0) is 21.3. The minimum atomic E-state index is -0.0972. The first-order valence-corrected chi connectivity index (χ1v) is 11.8. The first-order valence-electron chi connectivity index (χ1n) is 11.0. The summed E-state index contributed by atoms with van der Waals surface area (Å²) in [4.78, 5) is 20.3. The van der Waals surface area contributed by atoms with E-state index in [4.69, 9.17) is 4.74 Å². The van der Waals surface area contributed by atoms with E-state index >= 15 is 0 Å². The highest BCUT2D eigenvalue weighted by molar-refractivity contribution is 7.11. The fourth-order valence-electron chi connectivity index (χ4n) is 4.60. The summed E-state index contributed by atoms with van der Waals surface area (Å²) in [6.07, 6.45) is 3.69. The number of thiazole rings is 1. The van der Waals surface area contributed by atoms with E-state index in [0.29, 0.717) is 12.3 Å². The van der Waals surface area contributed by atoms with Gasteiger partial charge < -0.3 is 10.1 Å². The quantitative estimate of drug-likeness (QED) is 0.756. The summed E-state index contributed by atoms with van der Waals surface area (Å²) in [7, 11) is 0. The van der Waals surface area contributed by atoms with Crippen LogP contribution >= 0.6 is 11.3 Å². The van der Waals surface area contributed by atoms with Crippen molar-refractivity contribution in [2.75, 3.05) is 19.6 Å². The zero-order valence-electron chi connectivity index (χ0n) is 18.6. The van der Waals surface area contributed by atoms with Gasteiger partial charge in [0.1, 0.15) is 11.4 Å². The van der Waals surface area contributed by atoms with E-state index in [-0.39, 0.29) is 11.5 Å². The Morgan fingerprint density at radius 3 is 2.77 bits per heavy atom. The van der Waals surface area contributed by atoms with Crippen LogP contribution in [0.4, 0.5) is 0 Å². The Bertz CT molecular complexity index is 913. The van der Waals surface area contributed by atoms with Crippen LogP contribution in [0.25, 0.3) is 0 Å². The lowest BCUT2D eigenvalue weighted by Gasteiger charge is -2.32. The van der Waals surface area contributed by atoms with Gasteiger partial charge in [0.15, 0.2) is 0 Å². The molecule has 1 fully saturated rings. The van der Waals surface area contributed by atoms with Gasteiger partial charge in [-0.1, -0.05) is 18.2 Å². The van der Waals surface area contributed by atoms with Crippen LogP contribution in [0.2, 0.25) is 0 Å². The van der Waals surface area contributed by atoms with Crippen LogP contribution in [0.5, 0.6) is 5.75 Å². The summed E-state index contributed by atoms with van der Waals surface area (Å²) in [5.74, 6) is 1.78. The molecule has 1 N–H and O–H groups in total. The van der Waals surface area contributed by atoms with Gasteiger partial charge in [-0.3, -0.25) is 9.69 Å². The highest BCUT2D eigenvalue weighted by Gasteiger charge is 2.32. The molecular weight excluding hydrogens is 394 g/mol. The number of benzene rings is 1. The van der Waals surface area contributed by atoms with E-state index in [0.717, 1.165) is 66.8 Å². The van der Waals surface area contributed by atoms with Gasteiger partial charge in [0.05, 0.1) is 17.1 Å². The maximum Gasteiger partial charge on any atom is 0.225 e. The van der Waals surface area contributed by atoms with Crippen molar-refractivity contribution in [3.8, 4) is 5.75 Å². The topological polar surface area (TPSA) is 54.5 Å². The van der Waals surface area contributed by atoms with Gasteiger partial charge in [0, 0.05) is 30.0 Å². The summed E-state index contributed by atoms with van der Waals surface area (Å²) < 4.78 is 6.23. The number of aromatic nitrogens is 1. The number of hydrogen-bond acceptors (Lipinski definition) is 5. The van der Waals surface area contributed by atoms with E-state index < -0.39 is 0 Å². The van der Waals surface area contributed by atoms with Gasteiger partial charge in [-0.2, -0.15) is 0 Å². The number of nitrogens with zero attached hydrogens (tertiary/aromatic N) is 2. The number of fused-ring (bicyclic) bond motifs is 1. The van der Waals surface area contributed by atoms with Crippen molar-refractivity contribution in [1.82, 2.24) is 15.2 Å². The number of piperidine rings is 1. The number of aryl methyl sites for hydroxylation is 2. The second kappa shape index (κ2) is 8.67. The molecule has 2 aromatic rings. The molecule has 4 rings (SSSR count). The fourth-order valence-corrected chi connectivity index (χ4v) is 5.53. The lowest BCUT2D eigenvalue weighted by molar-refractivity contribution is -0.120. The molecule has 1 saturated heterocycles. The standard InChI is InChI=1S/C24H33N3O2S/c1-16-21(30-17(2)26-16)12-22(28)25-14-18-8-10-27(11-9-18)15-20-7-5-6-19-13-24(3,4)29-23(19)20/h5-7,18H,8-15H2,1-4H3,(H,25,28). The molecule has 0 bridgehead atoms. The lowest BCUT2D eigenvalue weighted by atomic mass is 9.96. The number of para-hydroxylation sites is 1. The highest BCUT2D eigenvalue weighted by atomic mass is 32.1. The fraction of sp³-hybridized carbons (Fsp3) is 0.583. The van der Waals surface area contributed by atoms with Crippen molar-refractivity contribution < 1.29 is 9.53 Å². The van der Waals surface area contributed by atoms with Gasteiger partial charge in [0.2, 0.25) is 5.91 Å². The molecule has 3 heterocycles. The molecule has 0 radical (unpaired) electrons. The van der Waals surface area contributed by atoms with E-state index in [1.807, 2.05) is 13.8 Å². The lowest BCUT2D eigenvalue weighted by Crippen LogP contribution is -2.38. The number of nitrogens with one attached hydrogen (secondary N) is 1. The third kappa shape index (κ3) is 5.03. The second-order valence-corrected chi connectivity index (χ2v) is 10.7. The number of rotatable bonds is 6. The molecule has 2 aliphatic rings. The van der Waals surface area contributed by atoms with Crippen molar-refractivity contribution in [2.45, 2.75) is 65.5 Å². The summed E-state index contributed by atoms with van der Waals surface area (Å²) in [5.41, 5.74) is 3.53. The Labute approximate surface area is 183 Å². The second-order valence-electron chi connectivity index (χ2n) is 9.39. The maximum atomic E-state index is 12.3. The Morgan fingerprint density at radius 2 is 2.07 bits per heavy atom. The van der Waals surface area contributed by atoms with Gasteiger partial charge in [-0.15, -0.1) is 11.3 Å². The molecule has 6 heteroatoms. The normalized spacial score (nSPS) is 18.8. The average Bonchev–Trinajstić information content (AvgIpc) is 3.18. The Kier molecular flexibility index (Phi) is 6.16. The molecular formula is C24H33N3O2S. The number of carbonyl (C=O) groups excluding carboxylic acids is 1. The first kappa shape index (κ1) is 21.3. The molecule has 2 aliphatic heterocycles. The molecule has 1 amide bonds. The molecule has 1 aromatic carbocycles. The Hall–Kier alpha value is -1.92. The molecule has 0 aliphatic carbocycles. The number of hydrogen-bond donors (Lipinski definition) is 1. The van der Waals surface area contributed by atoms with Gasteiger partial charge in [-0.05, 0) is 65.1 Å². The van der Waals surface area contributed by atoms with Crippen LogP contribution in [0, 0.1) is 19.8 Å². The molecule has 0 spiro atoms. The van der Waals surface area contributed by atoms with Crippen LogP contribution in [0.1, 0.15) is 53.4 Å². The highest BCUT2D eigenvalue weighted by Crippen LogP contribution is 2.38.